The highest BCUT2D eigenvalue weighted by Crippen LogP contribution is 2.55. The minimum absolute atomic E-state index is 0.0178. The van der Waals surface area contributed by atoms with E-state index in [9.17, 15) is 39.2 Å². The van der Waals surface area contributed by atoms with Gasteiger partial charge in [-0.3, -0.25) is 24.2 Å². The van der Waals surface area contributed by atoms with Crippen LogP contribution in [0.3, 0.4) is 0 Å². The van der Waals surface area contributed by atoms with Crippen molar-refractivity contribution in [3.8, 4) is 16.2 Å². The number of aromatic hydroxyl groups is 1. The first-order chi connectivity index (χ1) is 24.6. The number of primary amides is 1. The van der Waals surface area contributed by atoms with Gasteiger partial charge in [0, 0.05) is 79.3 Å². The predicted molar refractivity (Wildman–Crippen MR) is 196 cm³/mol. The van der Waals surface area contributed by atoms with Crippen LogP contribution in [0.4, 0.5) is 15.8 Å². The summed E-state index contributed by atoms with van der Waals surface area (Å²) >= 11 is 1.49. The van der Waals surface area contributed by atoms with Crippen LogP contribution in [0.25, 0.3) is 16.2 Å². The molecule has 4 aliphatic rings. The maximum Gasteiger partial charge on any atom is 0.255 e. The lowest BCUT2D eigenvalue weighted by Gasteiger charge is -2.50. The van der Waals surface area contributed by atoms with E-state index in [0.29, 0.717) is 42.1 Å². The number of amides is 1. The third-order valence-electron chi connectivity index (χ3n) is 11.1. The van der Waals surface area contributed by atoms with Crippen LogP contribution >= 0.6 is 11.3 Å². The lowest BCUT2D eigenvalue weighted by molar-refractivity contribution is -0.153. The summed E-state index contributed by atoms with van der Waals surface area (Å²) < 4.78 is 14.4. The molecule has 2 fully saturated rings. The first-order valence-electron chi connectivity index (χ1n) is 17.2. The topological polar surface area (TPSA) is 171 Å². The number of para-hydroxylation sites is 1. The summed E-state index contributed by atoms with van der Waals surface area (Å²) in [7, 11) is 6.82. The third kappa shape index (κ3) is 5.47. The largest absolute Gasteiger partial charge is 0.508 e. The number of rotatable bonds is 7. The number of phenols is 1. The van der Waals surface area contributed by atoms with E-state index in [0.717, 1.165) is 22.8 Å². The summed E-state index contributed by atoms with van der Waals surface area (Å²) in [5.74, 6) is -7.03. The van der Waals surface area contributed by atoms with Crippen LogP contribution in [0.2, 0.25) is 0 Å². The van der Waals surface area contributed by atoms with E-state index in [2.05, 4.69) is 4.90 Å². The zero-order valence-corrected chi connectivity index (χ0v) is 30.2. The summed E-state index contributed by atoms with van der Waals surface area (Å²) in [6, 6.07) is 11.4. The molecule has 6 N–H and O–H groups in total. The Bertz CT molecular complexity index is 2070. The number of hydrogen-bond donors (Lipinski definition) is 5. The van der Waals surface area contributed by atoms with Crippen molar-refractivity contribution < 1.29 is 39.2 Å². The molecule has 52 heavy (non-hydrogen) atoms. The molecule has 2 aromatic carbocycles. The Balaban J connectivity index is 1.23. The van der Waals surface area contributed by atoms with Gasteiger partial charge in [-0.1, -0.05) is 12.1 Å². The van der Waals surface area contributed by atoms with Crippen LogP contribution in [-0.2, 0) is 27.3 Å². The predicted octanol–water partition coefficient (Wildman–Crippen LogP) is 3.22. The van der Waals surface area contributed by atoms with Crippen molar-refractivity contribution in [2.45, 2.75) is 31.0 Å². The second-order valence-corrected chi connectivity index (χ2v) is 15.7. The number of nitrogens with two attached hydrogens (primary N) is 1. The van der Waals surface area contributed by atoms with Crippen molar-refractivity contribution in [1.29, 1.82) is 0 Å². The number of carbonyl (C=O) groups is 3. The van der Waals surface area contributed by atoms with Gasteiger partial charge in [-0.25, -0.2) is 4.39 Å². The maximum absolute atomic E-state index is 14.4. The van der Waals surface area contributed by atoms with E-state index >= 15 is 0 Å². The van der Waals surface area contributed by atoms with Gasteiger partial charge in [-0.2, -0.15) is 0 Å². The summed E-state index contributed by atoms with van der Waals surface area (Å²) in [4.78, 5) is 49.5. The highest BCUT2D eigenvalue weighted by atomic mass is 32.1. The van der Waals surface area contributed by atoms with Crippen LogP contribution in [0.1, 0.15) is 22.4 Å². The first kappa shape index (κ1) is 35.6. The number of nitrogens with zero attached hydrogens (tertiary/aromatic N) is 4. The van der Waals surface area contributed by atoms with Crippen molar-refractivity contribution in [3.63, 3.8) is 0 Å². The Morgan fingerprint density at radius 1 is 1.04 bits per heavy atom. The molecule has 2 heterocycles. The van der Waals surface area contributed by atoms with Gasteiger partial charge in [0.2, 0.25) is 5.78 Å². The van der Waals surface area contributed by atoms with Crippen LogP contribution in [0.5, 0.6) is 5.75 Å². The average molecular weight is 732 g/mol. The van der Waals surface area contributed by atoms with E-state index in [-0.39, 0.29) is 35.5 Å². The number of carbonyl (C=O) groups excluding carboxylic acids is 3. The molecule has 0 bridgehead atoms. The quantitative estimate of drug-likeness (QED) is 0.226. The van der Waals surface area contributed by atoms with E-state index in [1.54, 1.807) is 26.2 Å². The van der Waals surface area contributed by atoms with Crippen molar-refractivity contribution in [2.24, 2.45) is 17.6 Å². The number of likely N-dealkylation sites (N-methyl/N-ethyl adjacent to an activating group) is 1. The fourth-order valence-corrected chi connectivity index (χ4v) is 9.63. The zero-order valence-electron chi connectivity index (χ0n) is 29.4. The summed E-state index contributed by atoms with van der Waals surface area (Å²) in [6.07, 6.45) is 0.217. The van der Waals surface area contributed by atoms with Crippen molar-refractivity contribution in [1.82, 2.24) is 9.80 Å². The molecule has 4 atom stereocenters. The molecule has 1 aliphatic heterocycles. The molecular formula is C38H42FN5O7S. The Morgan fingerprint density at radius 2 is 1.73 bits per heavy atom. The van der Waals surface area contributed by atoms with Crippen LogP contribution in [-0.4, -0.2) is 114 Å². The Kier molecular flexibility index (Phi) is 8.93. The number of hydrogen-bond acceptors (Lipinski definition) is 12. The number of Topliss-reactive ketones (excluding diaryl/α,β-unsaturated/α-hetero) is 2. The van der Waals surface area contributed by atoms with Gasteiger partial charge >= 0.3 is 0 Å². The monoisotopic (exact) mass is 731 g/mol. The summed E-state index contributed by atoms with van der Waals surface area (Å²) in [5.41, 5.74) is 4.12. The number of phenolic OH excluding ortho intramolecular Hbond substituents is 1. The summed E-state index contributed by atoms with van der Waals surface area (Å²) in [6.45, 7) is 3.52. The molecule has 3 aromatic rings. The lowest BCUT2D eigenvalue weighted by Crippen LogP contribution is -2.65. The van der Waals surface area contributed by atoms with Gasteiger partial charge in [0.15, 0.2) is 11.4 Å². The number of fused-ring (bicyclic) bond motifs is 3. The average Bonchev–Trinajstić information content (AvgIpc) is 3.54. The first-order valence-corrected chi connectivity index (χ1v) is 18.0. The molecule has 14 heteroatoms. The van der Waals surface area contributed by atoms with Crippen molar-refractivity contribution in [3.05, 3.63) is 81.2 Å². The fourth-order valence-electron chi connectivity index (χ4n) is 8.56. The smallest absolute Gasteiger partial charge is 0.255 e. The van der Waals surface area contributed by atoms with E-state index in [4.69, 9.17) is 5.73 Å². The van der Waals surface area contributed by atoms with Crippen LogP contribution < -0.4 is 15.5 Å². The van der Waals surface area contributed by atoms with Gasteiger partial charge in [0.05, 0.1) is 17.3 Å². The second-order valence-electron chi connectivity index (χ2n) is 14.5. The number of benzene rings is 2. The number of halogens is 1. The summed E-state index contributed by atoms with van der Waals surface area (Å²) in [5, 5.41) is 46.9. The molecular weight excluding hydrogens is 690 g/mol. The SMILES string of the molecule is CN(C)c1cc(-c2ccc(CN3CCN(c4ccccc4F)CC3)s2)c(O)c2c1CC1CC3C(N(C)C)C(=O)C(C(N)=O)=C(O)C3(O)C(=O)C1=C2O. The molecule has 1 saturated carbocycles. The van der Waals surface area contributed by atoms with E-state index in [1.165, 1.54) is 22.3 Å². The molecule has 1 saturated heterocycles. The molecule has 1 aromatic heterocycles. The number of aliphatic hydroxyl groups excluding tert-OH is 2. The van der Waals surface area contributed by atoms with Gasteiger partial charge in [0.1, 0.15) is 28.7 Å². The maximum atomic E-state index is 14.4. The Morgan fingerprint density at radius 3 is 2.37 bits per heavy atom. The minimum Gasteiger partial charge on any atom is -0.508 e. The van der Waals surface area contributed by atoms with E-state index in [1.807, 2.05) is 48.2 Å². The Hall–Kier alpha value is -4.76. The van der Waals surface area contributed by atoms with Crippen LogP contribution in [0.15, 0.2) is 59.4 Å². The fraction of sp³-hybridized carbons (Fsp3) is 0.395. The zero-order chi connectivity index (χ0) is 37.4. The van der Waals surface area contributed by atoms with Crippen LogP contribution in [0, 0.1) is 17.7 Å². The molecule has 3 aliphatic carbocycles. The van der Waals surface area contributed by atoms with Gasteiger partial charge < -0.3 is 36.0 Å². The molecule has 274 valence electrons. The van der Waals surface area contributed by atoms with Gasteiger partial charge in [0.25, 0.3) is 5.91 Å². The molecule has 0 spiro atoms. The molecule has 0 radical (unpaired) electrons. The lowest BCUT2D eigenvalue weighted by atomic mass is 9.57. The highest BCUT2D eigenvalue weighted by Gasteiger charge is 2.64. The third-order valence-corrected chi connectivity index (χ3v) is 12.2. The molecule has 1 amide bonds. The standard InChI is InChI=1S/C38H42FN5O7S/c1-41(2)26-17-22(27-10-9-20(52-27)18-43-11-13-44(14-12-43)25-8-6-5-7-24(25)39)32(45)29-21(26)15-19-16-23-31(42(3)4)34(47)30(37(40)50)36(49)38(23,51)35(48)28(19)33(29)46/h5-10,17,19,23,31,45-46,49,51H,11-16,18H2,1-4H3,(H2,40,50). The number of piperazine rings is 1. The van der Waals surface area contributed by atoms with Crippen molar-refractivity contribution in [2.75, 3.05) is 64.2 Å². The molecule has 7 rings (SSSR count). The second kappa shape index (κ2) is 13.0. The number of anilines is 2. The van der Waals surface area contributed by atoms with E-state index < -0.39 is 58.0 Å². The number of ketones is 2. The Labute approximate surface area is 304 Å². The molecule has 12 nitrogen and oxygen atoms in total. The van der Waals surface area contributed by atoms with Crippen molar-refractivity contribution >= 4 is 45.9 Å². The van der Waals surface area contributed by atoms with Gasteiger partial charge in [-0.05, 0) is 68.8 Å². The number of aliphatic hydroxyl groups is 3. The molecule has 4 unspecified atom stereocenters. The van der Waals surface area contributed by atoms with Gasteiger partial charge in [-0.15, -0.1) is 11.3 Å². The number of thiophene rings is 1. The highest BCUT2D eigenvalue weighted by molar-refractivity contribution is 7.15. The minimum atomic E-state index is -2.70. The normalized spacial score (nSPS) is 25.0.